The van der Waals surface area contributed by atoms with Crippen molar-refractivity contribution in [3.05, 3.63) is 28.3 Å². The zero-order valence-electron chi connectivity index (χ0n) is 14.3. The fraction of sp³-hybridized carbons (Fsp3) is 0.500. The van der Waals surface area contributed by atoms with Gasteiger partial charge in [0.2, 0.25) is 0 Å². The molecular weight excluding hydrogens is 375 g/mol. The van der Waals surface area contributed by atoms with Crippen molar-refractivity contribution in [2.75, 3.05) is 6.54 Å². The number of hydrogen-bond acceptors (Lipinski definition) is 4. The molecule has 0 bridgehead atoms. The zero-order valence-corrected chi connectivity index (χ0v) is 16.0. The lowest BCUT2D eigenvalue weighted by atomic mass is 9.88. The number of fused-ring (bicyclic) bond motifs is 1. The maximum atomic E-state index is 12.8. The molecule has 0 radical (unpaired) electrons. The van der Waals surface area contributed by atoms with Gasteiger partial charge in [-0.1, -0.05) is 13.8 Å². The van der Waals surface area contributed by atoms with Gasteiger partial charge in [-0.15, -0.1) is 23.7 Å². The number of halogens is 4. The largest absolute Gasteiger partial charge is 0.433 e. The first-order chi connectivity index (χ1) is 11.0. The van der Waals surface area contributed by atoms with Crippen molar-refractivity contribution in [1.82, 2.24) is 10.3 Å². The van der Waals surface area contributed by atoms with E-state index in [0.717, 1.165) is 17.4 Å². The van der Waals surface area contributed by atoms with Crippen LogP contribution in [0.5, 0.6) is 0 Å². The molecule has 2 heterocycles. The van der Waals surface area contributed by atoms with E-state index in [1.807, 2.05) is 20.8 Å². The van der Waals surface area contributed by atoms with Crippen molar-refractivity contribution in [2.45, 2.75) is 39.4 Å². The van der Waals surface area contributed by atoms with E-state index in [9.17, 15) is 18.0 Å². The summed E-state index contributed by atoms with van der Waals surface area (Å²) in [6.45, 7) is 7.71. The summed E-state index contributed by atoms with van der Waals surface area (Å²) in [5.74, 6) is -0.234. The summed E-state index contributed by atoms with van der Waals surface area (Å²) in [4.78, 5) is 16.8. The first-order valence-corrected chi connectivity index (χ1v) is 8.31. The van der Waals surface area contributed by atoms with Crippen LogP contribution in [0.2, 0.25) is 0 Å². The molecule has 25 heavy (non-hydrogen) atoms. The van der Waals surface area contributed by atoms with Crippen LogP contribution in [-0.2, 0) is 6.18 Å². The number of alkyl halides is 3. The first-order valence-electron chi connectivity index (χ1n) is 7.49. The Hall–Kier alpha value is -1.38. The summed E-state index contributed by atoms with van der Waals surface area (Å²) in [5, 5.41) is 3.45. The average Bonchev–Trinajstić information content (AvgIpc) is 2.82. The summed E-state index contributed by atoms with van der Waals surface area (Å²) in [7, 11) is 0. The second-order valence-electron chi connectivity index (χ2n) is 6.33. The molecule has 2 aromatic heterocycles. The number of aryl methyl sites for hydroxylation is 1. The molecule has 9 heteroatoms. The molecule has 1 unspecified atom stereocenters. The topological polar surface area (TPSA) is 68.0 Å². The smallest absolute Gasteiger partial charge is 0.345 e. The lowest BCUT2D eigenvalue weighted by Gasteiger charge is -2.33. The highest BCUT2D eigenvalue weighted by Crippen LogP contribution is 2.34. The summed E-state index contributed by atoms with van der Waals surface area (Å²) in [6, 6.07) is 2.29. The number of carbonyl (C=O) groups excluding carboxylic acids is 1. The van der Waals surface area contributed by atoms with E-state index in [-0.39, 0.29) is 35.6 Å². The van der Waals surface area contributed by atoms with Crippen LogP contribution in [0.3, 0.4) is 0 Å². The second kappa shape index (κ2) is 7.47. The van der Waals surface area contributed by atoms with E-state index in [1.165, 1.54) is 6.07 Å². The van der Waals surface area contributed by atoms with E-state index in [0.29, 0.717) is 15.8 Å². The van der Waals surface area contributed by atoms with Crippen molar-refractivity contribution in [2.24, 2.45) is 11.7 Å². The molecule has 2 rings (SSSR count). The quantitative estimate of drug-likeness (QED) is 0.817. The number of rotatable bonds is 4. The van der Waals surface area contributed by atoms with Gasteiger partial charge in [0.05, 0.1) is 10.4 Å². The summed E-state index contributed by atoms with van der Waals surface area (Å²) < 4.78 is 38.4. The SMILES string of the molecule is Cc1c(C(=O)NC(C)(CN)C(C)C)sc2nc(C(F)(F)F)ccc12.Cl. The fourth-order valence-corrected chi connectivity index (χ4v) is 3.30. The number of nitrogens with one attached hydrogen (secondary N) is 1. The number of thiophene rings is 1. The van der Waals surface area contributed by atoms with Crippen LogP contribution in [0.25, 0.3) is 10.2 Å². The number of amides is 1. The fourth-order valence-electron chi connectivity index (χ4n) is 2.22. The van der Waals surface area contributed by atoms with Crippen LogP contribution in [0.4, 0.5) is 13.2 Å². The highest BCUT2D eigenvalue weighted by molar-refractivity contribution is 7.20. The predicted octanol–water partition coefficient (Wildman–Crippen LogP) is 4.15. The zero-order chi connectivity index (χ0) is 18.3. The lowest BCUT2D eigenvalue weighted by molar-refractivity contribution is -0.140. The number of pyridine rings is 1. The van der Waals surface area contributed by atoms with Gasteiger partial charge in [0, 0.05) is 11.9 Å². The Bertz CT molecular complexity index is 776. The third-order valence-corrected chi connectivity index (χ3v) is 5.60. The standard InChI is InChI=1S/C16H20F3N3OS.ClH/c1-8(2)15(4,7-20)22-13(23)12-9(3)10-5-6-11(16(17,18)19)21-14(10)24-12;/h5-6,8H,7,20H2,1-4H3,(H,22,23);1H. The molecule has 0 aliphatic rings. The van der Waals surface area contributed by atoms with Crippen LogP contribution >= 0.6 is 23.7 Å². The number of nitrogens with zero attached hydrogens (tertiary/aromatic N) is 1. The molecule has 0 saturated heterocycles. The Labute approximate surface area is 154 Å². The van der Waals surface area contributed by atoms with Crippen molar-refractivity contribution in [3.63, 3.8) is 0 Å². The Morgan fingerprint density at radius 3 is 2.44 bits per heavy atom. The van der Waals surface area contributed by atoms with Gasteiger partial charge in [0.1, 0.15) is 10.5 Å². The average molecular weight is 396 g/mol. The molecular formula is C16H21ClF3N3OS. The van der Waals surface area contributed by atoms with Crippen molar-refractivity contribution >= 4 is 39.9 Å². The molecule has 2 aromatic rings. The van der Waals surface area contributed by atoms with Gasteiger partial charge in [0.25, 0.3) is 5.91 Å². The molecule has 0 spiro atoms. The second-order valence-corrected chi connectivity index (χ2v) is 7.33. The Kier molecular flexibility index (Phi) is 6.47. The predicted molar refractivity (Wildman–Crippen MR) is 96.4 cm³/mol. The van der Waals surface area contributed by atoms with Crippen molar-refractivity contribution in [1.29, 1.82) is 0 Å². The summed E-state index contributed by atoms with van der Waals surface area (Å²) in [6.07, 6.45) is -4.51. The molecule has 1 atom stereocenters. The van der Waals surface area contributed by atoms with Gasteiger partial charge in [-0.2, -0.15) is 13.2 Å². The summed E-state index contributed by atoms with van der Waals surface area (Å²) >= 11 is 0.961. The van der Waals surface area contributed by atoms with Crippen LogP contribution in [0.15, 0.2) is 12.1 Å². The molecule has 3 N–H and O–H groups in total. The van der Waals surface area contributed by atoms with Crippen LogP contribution in [-0.4, -0.2) is 23.0 Å². The van der Waals surface area contributed by atoms with E-state index < -0.39 is 17.4 Å². The molecule has 0 fully saturated rings. The monoisotopic (exact) mass is 395 g/mol. The van der Waals surface area contributed by atoms with Crippen LogP contribution in [0, 0.1) is 12.8 Å². The van der Waals surface area contributed by atoms with Crippen LogP contribution in [0.1, 0.15) is 41.7 Å². The van der Waals surface area contributed by atoms with Gasteiger partial charge in [-0.25, -0.2) is 4.98 Å². The first kappa shape index (κ1) is 21.7. The van der Waals surface area contributed by atoms with Crippen molar-refractivity contribution in [3.8, 4) is 0 Å². The minimum absolute atomic E-state index is 0. The van der Waals surface area contributed by atoms with E-state index >= 15 is 0 Å². The van der Waals surface area contributed by atoms with Gasteiger partial charge in [0.15, 0.2) is 0 Å². The van der Waals surface area contributed by atoms with Crippen LogP contribution < -0.4 is 11.1 Å². The molecule has 0 aromatic carbocycles. The minimum Gasteiger partial charge on any atom is -0.345 e. The minimum atomic E-state index is -4.51. The highest BCUT2D eigenvalue weighted by Gasteiger charge is 2.34. The number of hydrogen-bond donors (Lipinski definition) is 2. The number of nitrogens with two attached hydrogens (primary N) is 1. The van der Waals surface area contributed by atoms with E-state index in [1.54, 1.807) is 6.92 Å². The number of aromatic nitrogens is 1. The normalized spacial score (nSPS) is 14.3. The molecule has 140 valence electrons. The molecule has 0 saturated carbocycles. The maximum absolute atomic E-state index is 12.8. The van der Waals surface area contributed by atoms with Gasteiger partial charge in [-0.3, -0.25) is 4.79 Å². The van der Waals surface area contributed by atoms with Gasteiger partial charge >= 0.3 is 6.18 Å². The van der Waals surface area contributed by atoms with Crippen molar-refractivity contribution < 1.29 is 18.0 Å². The van der Waals surface area contributed by atoms with E-state index in [2.05, 4.69) is 10.3 Å². The maximum Gasteiger partial charge on any atom is 0.433 e. The third-order valence-electron chi connectivity index (χ3n) is 4.40. The molecule has 4 nitrogen and oxygen atoms in total. The Balaban J connectivity index is 0.00000312. The molecule has 1 amide bonds. The lowest BCUT2D eigenvalue weighted by Crippen LogP contribution is -2.54. The van der Waals surface area contributed by atoms with E-state index in [4.69, 9.17) is 5.73 Å². The van der Waals surface area contributed by atoms with Gasteiger partial charge in [-0.05, 0) is 37.5 Å². The summed E-state index contributed by atoms with van der Waals surface area (Å²) in [5.41, 5.74) is 4.83. The molecule has 0 aliphatic heterocycles. The molecule has 0 aliphatic carbocycles. The highest BCUT2D eigenvalue weighted by atomic mass is 35.5. The third kappa shape index (κ3) is 4.24. The Morgan fingerprint density at radius 1 is 1.36 bits per heavy atom. The van der Waals surface area contributed by atoms with Gasteiger partial charge < -0.3 is 11.1 Å². The Morgan fingerprint density at radius 2 is 1.96 bits per heavy atom. The number of carbonyl (C=O) groups is 1.